The van der Waals surface area contributed by atoms with E-state index in [1.807, 2.05) is 0 Å². The van der Waals surface area contributed by atoms with E-state index in [0.717, 1.165) is 0 Å². The minimum atomic E-state index is -1.63. The number of aromatic amines is 1. The fourth-order valence-corrected chi connectivity index (χ4v) is 0.848. The average molecular weight is 258 g/mol. The topological polar surface area (TPSA) is 81.0 Å². The van der Waals surface area contributed by atoms with Crippen molar-refractivity contribution in [3.8, 4) is 0 Å². The molecule has 1 aromatic heterocycles. The molecule has 0 fully saturated rings. The lowest BCUT2D eigenvalue weighted by Crippen LogP contribution is -2.17. The Bertz CT molecular complexity index is 333. The molecule has 0 saturated carbocycles. The van der Waals surface area contributed by atoms with E-state index in [9.17, 15) is 4.79 Å². The summed E-state index contributed by atoms with van der Waals surface area (Å²) in [5.74, 6) is -0.582. The molecule has 0 amide bonds. The fourth-order valence-electron chi connectivity index (χ4n) is 0.684. The molecule has 0 spiro atoms. The molecule has 0 aliphatic carbocycles. The van der Waals surface area contributed by atoms with Crippen LogP contribution in [0.25, 0.3) is 0 Å². The zero-order valence-electron chi connectivity index (χ0n) is 6.76. The molecular formula is C6H6Cl3N3O2. The lowest BCUT2D eigenvalue weighted by molar-refractivity contribution is 0.0513. The molecule has 1 rings (SSSR count). The zero-order chi connectivity index (χ0) is 10.8. The Morgan fingerprint density at radius 3 is 2.71 bits per heavy atom. The van der Waals surface area contributed by atoms with Crippen molar-refractivity contribution in [2.24, 2.45) is 0 Å². The van der Waals surface area contributed by atoms with Crippen molar-refractivity contribution < 1.29 is 9.53 Å². The second kappa shape index (κ2) is 4.25. The number of anilines is 1. The largest absolute Gasteiger partial charge is 0.457 e. The average Bonchev–Trinajstić information content (AvgIpc) is 2.46. The first-order chi connectivity index (χ1) is 6.40. The summed E-state index contributed by atoms with van der Waals surface area (Å²) in [7, 11) is 0. The van der Waals surface area contributed by atoms with Crippen LogP contribution in [-0.4, -0.2) is 26.6 Å². The van der Waals surface area contributed by atoms with E-state index in [1.165, 1.54) is 6.20 Å². The Hall–Kier alpha value is -0.650. The number of alkyl halides is 3. The van der Waals surface area contributed by atoms with Crippen LogP contribution in [0.5, 0.6) is 0 Å². The molecule has 0 radical (unpaired) electrons. The van der Waals surface area contributed by atoms with Gasteiger partial charge in [-0.2, -0.15) is 5.10 Å². The number of nitrogens with zero attached hydrogens (tertiary/aromatic N) is 1. The van der Waals surface area contributed by atoms with Gasteiger partial charge in [0.15, 0.2) is 0 Å². The van der Waals surface area contributed by atoms with E-state index in [2.05, 4.69) is 14.9 Å². The number of nitrogens with two attached hydrogens (primary N) is 1. The van der Waals surface area contributed by atoms with Gasteiger partial charge in [0.2, 0.25) is 3.79 Å². The zero-order valence-corrected chi connectivity index (χ0v) is 9.03. The predicted molar refractivity (Wildman–Crippen MR) is 53.6 cm³/mol. The molecule has 0 aromatic carbocycles. The lowest BCUT2D eigenvalue weighted by atomic mass is 10.3. The van der Waals surface area contributed by atoms with Crippen molar-refractivity contribution in [2.75, 3.05) is 12.3 Å². The molecule has 0 saturated heterocycles. The van der Waals surface area contributed by atoms with Crippen molar-refractivity contribution in [3.63, 3.8) is 0 Å². The van der Waals surface area contributed by atoms with Gasteiger partial charge in [-0.05, 0) is 0 Å². The summed E-state index contributed by atoms with van der Waals surface area (Å²) in [6, 6.07) is 0. The van der Waals surface area contributed by atoms with E-state index in [0.29, 0.717) is 0 Å². The fraction of sp³-hybridized carbons (Fsp3) is 0.333. The van der Waals surface area contributed by atoms with Gasteiger partial charge >= 0.3 is 5.97 Å². The number of esters is 1. The van der Waals surface area contributed by atoms with Crippen LogP contribution in [0.2, 0.25) is 0 Å². The summed E-state index contributed by atoms with van der Waals surface area (Å²) in [6.45, 7) is -0.346. The van der Waals surface area contributed by atoms with E-state index in [1.54, 1.807) is 0 Å². The van der Waals surface area contributed by atoms with Crippen molar-refractivity contribution in [1.29, 1.82) is 0 Å². The first kappa shape index (κ1) is 11.4. The SMILES string of the molecule is Nc1[nH]ncc1C(=O)OCC(Cl)(Cl)Cl. The van der Waals surface area contributed by atoms with Crippen molar-refractivity contribution in [2.45, 2.75) is 3.79 Å². The molecule has 1 heterocycles. The number of carbonyl (C=O) groups excluding carboxylic acids is 1. The monoisotopic (exact) mass is 257 g/mol. The van der Waals surface area contributed by atoms with Gasteiger partial charge in [0.05, 0.1) is 6.20 Å². The number of nitrogen functional groups attached to an aromatic ring is 1. The maximum atomic E-state index is 11.2. The van der Waals surface area contributed by atoms with Gasteiger partial charge in [0.1, 0.15) is 18.0 Å². The number of halogens is 3. The van der Waals surface area contributed by atoms with Crippen LogP contribution in [0.1, 0.15) is 10.4 Å². The van der Waals surface area contributed by atoms with E-state index in [-0.39, 0.29) is 18.0 Å². The van der Waals surface area contributed by atoms with Crippen LogP contribution in [-0.2, 0) is 4.74 Å². The first-order valence-corrected chi connectivity index (χ1v) is 4.56. The van der Waals surface area contributed by atoms with E-state index < -0.39 is 9.76 Å². The van der Waals surface area contributed by atoms with Crippen molar-refractivity contribution in [1.82, 2.24) is 10.2 Å². The molecule has 78 valence electrons. The van der Waals surface area contributed by atoms with Gasteiger partial charge in [-0.15, -0.1) is 0 Å². The molecule has 5 nitrogen and oxygen atoms in total. The third-order valence-corrected chi connectivity index (χ3v) is 1.58. The summed E-state index contributed by atoms with van der Waals surface area (Å²) >= 11 is 16.1. The summed E-state index contributed by atoms with van der Waals surface area (Å²) in [5.41, 5.74) is 5.47. The van der Waals surface area contributed by atoms with Crippen molar-refractivity contribution in [3.05, 3.63) is 11.8 Å². The molecule has 8 heteroatoms. The Morgan fingerprint density at radius 2 is 2.29 bits per heavy atom. The molecule has 0 unspecified atom stereocenters. The molecular weight excluding hydrogens is 252 g/mol. The highest BCUT2D eigenvalue weighted by molar-refractivity contribution is 6.67. The predicted octanol–water partition coefficient (Wildman–Crippen LogP) is 1.52. The molecule has 3 N–H and O–H groups in total. The van der Waals surface area contributed by atoms with Gasteiger partial charge in [-0.3, -0.25) is 5.10 Å². The molecule has 0 atom stereocenters. The standard InChI is InChI=1S/C6H6Cl3N3O2/c7-6(8,9)2-14-5(13)3-1-11-12-4(3)10/h1H,2H2,(H3,10,11,12). The van der Waals surface area contributed by atoms with E-state index in [4.69, 9.17) is 40.5 Å². The van der Waals surface area contributed by atoms with Gasteiger partial charge in [-0.1, -0.05) is 34.8 Å². The third-order valence-electron chi connectivity index (χ3n) is 1.26. The second-order valence-corrected chi connectivity index (χ2v) is 4.90. The summed E-state index contributed by atoms with van der Waals surface area (Å²) in [6.07, 6.45) is 1.23. The minimum Gasteiger partial charge on any atom is -0.457 e. The number of nitrogens with one attached hydrogen (secondary N) is 1. The van der Waals surface area contributed by atoms with Crippen LogP contribution in [0, 0.1) is 0 Å². The Kier molecular flexibility index (Phi) is 3.47. The molecule has 14 heavy (non-hydrogen) atoms. The minimum absolute atomic E-state index is 0.110. The summed E-state index contributed by atoms with van der Waals surface area (Å²) in [4.78, 5) is 11.2. The number of hydrogen-bond acceptors (Lipinski definition) is 4. The normalized spacial score (nSPS) is 11.4. The number of hydrogen-bond donors (Lipinski definition) is 2. The van der Waals surface area contributed by atoms with Crippen LogP contribution < -0.4 is 5.73 Å². The quantitative estimate of drug-likeness (QED) is 0.622. The van der Waals surface area contributed by atoms with Gasteiger partial charge in [0, 0.05) is 0 Å². The number of ether oxygens (including phenoxy) is 1. The van der Waals surface area contributed by atoms with Crippen LogP contribution in [0.15, 0.2) is 6.20 Å². The summed E-state index contributed by atoms with van der Waals surface area (Å²) in [5, 5.41) is 5.91. The number of H-pyrrole nitrogens is 1. The Balaban J connectivity index is 2.56. The number of aromatic nitrogens is 2. The highest BCUT2D eigenvalue weighted by Crippen LogP contribution is 2.26. The van der Waals surface area contributed by atoms with Gasteiger partial charge in [0.25, 0.3) is 0 Å². The Morgan fingerprint density at radius 1 is 1.64 bits per heavy atom. The number of carbonyl (C=O) groups is 1. The van der Waals surface area contributed by atoms with E-state index >= 15 is 0 Å². The van der Waals surface area contributed by atoms with Crippen molar-refractivity contribution >= 4 is 46.6 Å². The van der Waals surface area contributed by atoms with Crippen LogP contribution in [0.4, 0.5) is 5.82 Å². The van der Waals surface area contributed by atoms with Crippen LogP contribution >= 0.6 is 34.8 Å². The Labute approximate surface area is 94.4 Å². The van der Waals surface area contributed by atoms with Gasteiger partial charge < -0.3 is 10.5 Å². The summed E-state index contributed by atoms with van der Waals surface area (Å²) < 4.78 is 3.03. The number of rotatable bonds is 2. The van der Waals surface area contributed by atoms with Crippen LogP contribution in [0.3, 0.4) is 0 Å². The maximum Gasteiger partial charge on any atom is 0.343 e. The maximum absolute atomic E-state index is 11.2. The van der Waals surface area contributed by atoms with Gasteiger partial charge in [-0.25, -0.2) is 4.79 Å². The molecule has 0 aliphatic rings. The second-order valence-electron chi connectivity index (χ2n) is 2.39. The lowest BCUT2D eigenvalue weighted by Gasteiger charge is -2.10. The third kappa shape index (κ3) is 3.25. The molecule has 0 aliphatic heterocycles. The highest BCUT2D eigenvalue weighted by Gasteiger charge is 2.23. The first-order valence-electron chi connectivity index (χ1n) is 3.43. The molecule has 0 bridgehead atoms. The smallest absolute Gasteiger partial charge is 0.343 e. The molecule has 1 aromatic rings. The highest BCUT2D eigenvalue weighted by atomic mass is 35.6.